The first kappa shape index (κ1) is 17.9. The summed E-state index contributed by atoms with van der Waals surface area (Å²) in [5, 5.41) is 3.12. The molecule has 0 heterocycles. The van der Waals surface area contributed by atoms with Crippen LogP contribution >= 0.6 is 0 Å². The highest BCUT2D eigenvalue weighted by atomic mass is 16.1. The monoisotopic (exact) mass is 343 g/mol. The van der Waals surface area contributed by atoms with Crippen LogP contribution in [0.4, 0.5) is 0 Å². The molecule has 3 aromatic rings. The van der Waals surface area contributed by atoms with Gasteiger partial charge in [-0.3, -0.25) is 4.79 Å². The molecule has 1 atom stereocenters. The molecule has 1 amide bonds. The molecule has 0 aliphatic heterocycles. The number of carbonyl (C=O) groups is 1. The van der Waals surface area contributed by atoms with E-state index in [0.717, 1.165) is 5.56 Å². The van der Waals surface area contributed by atoms with Crippen LogP contribution in [-0.2, 0) is 11.2 Å². The Morgan fingerprint density at radius 3 is 2.23 bits per heavy atom. The summed E-state index contributed by atoms with van der Waals surface area (Å²) in [4.78, 5) is 12.4. The summed E-state index contributed by atoms with van der Waals surface area (Å²) in [6, 6.07) is 24.8. The molecule has 0 fully saturated rings. The van der Waals surface area contributed by atoms with Crippen molar-refractivity contribution in [2.75, 3.05) is 0 Å². The van der Waals surface area contributed by atoms with E-state index in [1.807, 2.05) is 37.3 Å². The fraction of sp³-hybridized carbons (Fsp3) is 0.208. The number of hydrogen-bond acceptors (Lipinski definition) is 1. The number of rotatable bonds is 5. The standard InChI is InChI=1S/C24H25NO/c1-17-9-10-18(2)23(15-17)19(3)25-24(26)16-20-11-13-22(14-12-20)21-7-5-4-6-8-21/h4-15,19H,16H2,1-3H3,(H,25,26)/t19-/m0/s1. The molecule has 0 spiro atoms. The Morgan fingerprint density at radius 1 is 0.885 bits per heavy atom. The molecule has 132 valence electrons. The molecule has 0 aliphatic rings. The van der Waals surface area contributed by atoms with Gasteiger partial charge in [0.1, 0.15) is 0 Å². The van der Waals surface area contributed by atoms with Crippen molar-refractivity contribution < 1.29 is 4.79 Å². The largest absolute Gasteiger partial charge is 0.349 e. The average Bonchev–Trinajstić information content (AvgIpc) is 2.65. The van der Waals surface area contributed by atoms with Crippen molar-refractivity contribution in [1.82, 2.24) is 5.32 Å². The van der Waals surface area contributed by atoms with Gasteiger partial charge in [-0.05, 0) is 48.6 Å². The molecule has 3 rings (SSSR count). The number of aryl methyl sites for hydroxylation is 2. The van der Waals surface area contributed by atoms with Gasteiger partial charge < -0.3 is 5.32 Å². The lowest BCUT2D eigenvalue weighted by atomic mass is 9.99. The zero-order chi connectivity index (χ0) is 18.5. The minimum atomic E-state index is 0.00555. The summed E-state index contributed by atoms with van der Waals surface area (Å²) in [6.07, 6.45) is 0.393. The Labute approximate surface area is 155 Å². The molecule has 0 aromatic heterocycles. The molecule has 0 unspecified atom stereocenters. The predicted molar refractivity (Wildman–Crippen MR) is 108 cm³/mol. The van der Waals surface area contributed by atoms with E-state index >= 15 is 0 Å². The van der Waals surface area contributed by atoms with E-state index in [2.05, 4.69) is 61.6 Å². The predicted octanol–water partition coefficient (Wildman–Crippen LogP) is 5.39. The Bertz CT molecular complexity index is 882. The van der Waals surface area contributed by atoms with Crippen LogP contribution in [0.5, 0.6) is 0 Å². The van der Waals surface area contributed by atoms with Crippen molar-refractivity contribution in [2.24, 2.45) is 0 Å². The molecule has 0 radical (unpaired) electrons. The molecule has 2 nitrogen and oxygen atoms in total. The van der Waals surface area contributed by atoms with Crippen LogP contribution < -0.4 is 5.32 Å². The van der Waals surface area contributed by atoms with Crippen LogP contribution in [0.2, 0.25) is 0 Å². The van der Waals surface area contributed by atoms with Gasteiger partial charge in [-0.15, -0.1) is 0 Å². The summed E-state index contributed by atoms with van der Waals surface area (Å²) in [5.74, 6) is 0.0471. The maximum absolute atomic E-state index is 12.4. The summed E-state index contributed by atoms with van der Waals surface area (Å²) in [7, 11) is 0. The third kappa shape index (κ3) is 4.40. The van der Waals surface area contributed by atoms with E-state index in [0.29, 0.717) is 6.42 Å². The molecule has 0 saturated carbocycles. The van der Waals surface area contributed by atoms with Crippen molar-refractivity contribution >= 4 is 5.91 Å². The minimum absolute atomic E-state index is 0.00555. The van der Waals surface area contributed by atoms with Crippen LogP contribution in [0, 0.1) is 13.8 Å². The van der Waals surface area contributed by atoms with Crippen LogP contribution in [-0.4, -0.2) is 5.91 Å². The second-order valence-electron chi connectivity index (χ2n) is 6.89. The Hall–Kier alpha value is -2.87. The third-order valence-electron chi connectivity index (χ3n) is 4.70. The van der Waals surface area contributed by atoms with Gasteiger partial charge in [-0.1, -0.05) is 78.4 Å². The molecular weight excluding hydrogens is 318 g/mol. The Kier molecular flexibility index (Phi) is 5.52. The molecule has 0 saturated heterocycles. The van der Waals surface area contributed by atoms with Gasteiger partial charge in [0, 0.05) is 0 Å². The topological polar surface area (TPSA) is 29.1 Å². The van der Waals surface area contributed by atoms with Gasteiger partial charge in [0.15, 0.2) is 0 Å². The van der Waals surface area contributed by atoms with Crippen molar-refractivity contribution in [3.63, 3.8) is 0 Å². The van der Waals surface area contributed by atoms with Crippen LogP contribution in [0.3, 0.4) is 0 Å². The van der Waals surface area contributed by atoms with Gasteiger partial charge in [0.05, 0.1) is 12.5 Å². The fourth-order valence-corrected chi connectivity index (χ4v) is 3.23. The maximum Gasteiger partial charge on any atom is 0.224 e. The van der Waals surface area contributed by atoms with Crippen molar-refractivity contribution in [1.29, 1.82) is 0 Å². The zero-order valence-electron chi connectivity index (χ0n) is 15.6. The van der Waals surface area contributed by atoms with Crippen LogP contribution in [0.15, 0.2) is 72.8 Å². The highest BCUT2D eigenvalue weighted by Crippen LogP contribution is 2.21. The lowest BCUT2D eigenvalue weighted by molar-refractivity contribution is -0.121. The Morgan fingerprint density at radius 2 is 1.54 bits per heavy atom. The fourth-order valence-electron chi connectivity index (χ4n) is 3.23. The second kappa shape index (κ2) is 8.01. The second-order valence-corrected chi connectivity index (χ2v) is 6.89. The zero-order valence-corrected chi connectivity index (χ0v) is 15.6. The van der Waals surface area contributed by atoms with Gasteiger partial charge in [0.2, 0.25) is 5.91 Å². The first-order valence-corrected chi connectivity index (χ1v) is 9.04. The van der Waals surface area contributed by atoms with Gasteiger partial charge >= 0.3 is 0 Å². The molecule has 0 aliphatic carbocycles. The quantitative estimate of drug-likeness (QED) is 0.661. The molecule has 2 heteroatoms. The van der Waals surface area contributed by atoms with E-state index in [4.69, 9.17) is 0 Å². The number of benzene rings is 3. The molecule has 1 N–H and O–H groups in total. The van der Waals surface area contributed by atoms with Crippen molar-refractivity contribution in [3.05, 3.63) is 95.1 Å². The van der Waals surface area contributed by atoms with Crippen molar-refractivity contribution in [3.8, 4) is 11.1 Å². The number of hydrogen-bond donors (Lipinski definition) is 1. The average molecular weight is 343 g/mol. The molecule has 3 aromatic carbocycles. The maximum atomic E-state index is 12.4. The van der Waals surface area contributed by atoms with Crippen molar-refractivity contribution in [2.45, 2.75) is 33.2 Å². The Balaban J connectivity index is 1.64. The van der Waals surface area contributed by atoms with Gasteiger partial charge in [-0.2, -0.15) is 0 Å². The summed E-state index contributed by atoms with van der Waals surface area (Å²) < 4.78 is 0. The lowest BCUT2D eigenvalue weighted by Crippen LogP contribution is -2.28. The first-order valence-electron chi connectivity index (χ1n) is 9.04. The molecule has 0 bridgehead atoms. The van der Waals surface area contributed by atoms with Gasteiger partial charge in [0.25, 0.3) is 0 Å². The van der Waals surface area contributed by atoms with E-state index in [1.165, 1.54) is 27.8 Å². The summed E-state index contributed by atoms with van der Waals surface area (Å²) >= 11 is 0. The van der Waals surface area contributed by atoms with Crippen LogP contribution in [0.25, 0.3) is 11.1 Å². The molecular formula is C24H25NO. The number of nitrogens with one attached hydrogen (secondary N) is 1. The first-order chi connectivity index (χ1) is 12.5. The lowest BCUT2D eigenvalue weighted by Gasteiger charge is -2.17. The van der Waals surface area contributed by atoms with E-state index in [1.54, 1.807) is 0 Å². The normalized spacial score (nSPS) is 11.8. The highest BCUT2D eigenvalue weighted by molar-refractivity contribution is 5.79. The highest BCUT2D eigenvalue weighted by Gasteiger charge is 2.12. The third-order valence-corrected chi connectivity index (χ3v) is 4.70. The number of carbonyl (C=O) groups excluding carboxylic acids is 1. The number of amides is 1. The molecule has 26 heavy (non-hydrogen) atoms. The smallest absolute Gasteiger partial charge is 0.224 e. The SMILES string of the molecule is Cc1ccc(C)c([C@H](C)NC(=O)Cc2ccc(-c3ccccc3)cc2)c1. The minimum Gasteiger partial charge on any atom is -0.349 e. The van der Waals surface area contributed by atoms with E-state index in [9.17, 15) is 4.79 Å². The van der Waals surface area contributed by atoms with Gasteiger partial charge in [-0.25, -0.2) is 0 Å². The van der Waals surface area contributed by atoms with E-state index in [-0.39, 0.29) is 11.9 Å². The van der Waals surface area contributed by atoms with Crippen LogP contribution in [0.1, 0.15) is 35.2 Å². The summed E-state index contributed by atoms with van der Waals surface area (Å²) in [5.41, 5.74) is 6.97. The summed E-state index contributed by atoms with van der Waals surface area (Å²) in [6.45, 7) is 6.20. The van der Waals surface area contributed by atoms with E-state index < -0.39 is 0 Å².